The van der Waals surface area contributed by atoms with Crippen molar-refractivity contribution in [3.63, 3.8) is 0 Å². The summed E-state index contributed by atoms with van der Waals surface area (Å²) in [6.07, 6.45) is 9.61. The SMILES string of the molecule is CC#CC(=O)N(C)[C@@H]1CC[C@H]2C#C[C@@]2(Oc2nc(-c3cnn(C)c3)cn3nccc23)C1. The molecule has 0 unspecified atom stereocenters. The largest absolute Gasteiger partial charge is 0.455 e. The summed E-state index contributed by atoms with van der Waals surface area (Å²) in [6, 6.07) is 1.89. The highest BCUT2D eigenvalue weighted by Gasteiger charge is 2.50. The summed E-state index contributed by atoms with van der Waals surface area (Å²) in [4.78, 5) is 18.8. The molecular weight excluding hydrogens is 392 g/mol. The monoisotopic (exact) mass is 414 g/mol. The second-order valence-electron chi connectivity index (χ2n) is 8.03. The minimum absolute atomic E-state index is 0.0154. The number of amides is 1. The topological polar surface area (TPSA) is 77.6 Å². The van der Waals surface area contributed by atoms with Crippen molar-refractivity contribution < 1.29 is 9.53 Å². The summed E-state index contributed by atoms with van der Waals surface area (Å²) in [7, 11) is 3.66. The van der Waals surface area contributed by atoms with Gasteiger partial charge in [0, 0.05) is 38.3 Å². The van der Waals surface area contributed by atoms with Crippen molar-refractivity contribution in [1.82, 2.24) is 29.3 Å². The molecule has 0 saturated heterocycles. The maximum Gasteiger partial charge on any atom is 0.298 e. The van der Waals surface area contributed by atoms with Crippen LogP contribution in [0.1, 0.15) is 26.2 Å². The molecule has 0 aliphatic heterocycles. The van der Waals surface area contributed by atoms with Crippen LogP contribution >= 0.6 is 0 Å². The minimum atomic E-state index is -0.664. The van der Waals surface area contributed by atoms with Gasteiger partial charge >= 0.3 is 0 Å². The molecule has 8 nitrogen and oxygen atoms in total. The summed E-state index contributed by atoms with van der Waals surface area (Å²) < 4.78 is 10.0. The van der Waals surface area contributed by atoms with Crippen molar-refractivity contribution in [3.05, 3.63) is 30.9 Å². The Kier molecular flexibility index (Phi) is 4.44. The fourth-order valence-electron chi connectivity index (χ4n) is 4.31. The molecular formula is C23H22N6O2. The van der Waals surface area contributed by atoms with Crippen LogP contribution in [0.15, 0.2) is 30.9 Å². The Balaban J connectivity index is 1.48. The Morgan fingerprint density at radius 3 is 2.94 bits per heavy atom. The van der Waals surface area contributed by atoms with Gasteiger partial charge in [-0.3, -0.25) is 9.48 Å². The van der Waals surface area contributed by atoms with Gasteiger partial charge in [0.05, 0.1) is 30.2 Å². The molecule has 1 fully saturated rings. The number of nitrogens with zero attached hydrogens (tertiary/aromatic N) is 6. The molecule has 156 valence electrons. The first-order valence-corrected chi connectivity index (χ1v) is 10.2. The highest BCUT2D eigenvalue weighted by molar-refractivity contribution is 5.93. The first-order chi connectivity index (χ1) is 15.0. The standard InChI is InChI=1S/C23H22N6O2/c1-4-5-21(30)28(3)18-7-6-17-8-10-23(17,12-18)31-22-20-9-11-24-29(20)15-19(26-22)16-13-25-27(2)14-16/h9,11,13-15,17-18H,6-7,12H2,1-3H3/t17-,18+,23+/m0/s1. The molecule has 0 N–H and O–H groups in total. The van der Waals surface area contributed by atoms with Crippen molar-refractivity contribution in [1.29, 1.82) is 0 Å². The van der Waals surface area contributed by atoms with E-state index in [2.05, 4.69) is 33.9 Å². The van der Waals surface area contributed by atoms with Gasteiger partial charge in [-0.1, -0.05) is 17.8 Å². The third kappa shape index (κ3) is 3.21. The van der Waals surface area contributed by atoms with Gasteiger partial charge in [0.25, 0.3) is 5.91 Å². The van der Waals surface area contributed by atoms with Crippen LogP contribution < -0.4 is 4.74 Å². The molecule has 0 bridgehead atoms. The first-order valence-electron chi connectivity index (χ1n) is 10.2. The summed E-state index contributed by atoms with van der Waals surface area (Å²) >= 11 is 0. The zero-order valence-corrected chi connectivity index (χ0v) is 17.7. The summed E-state index contributed by atoms with van der Waals surface area (Å²) in [5.74, 6) is 12.2. The van der Waals surface area contributed by atoms with E-state index in [1.807, 2.05) is 25.5 Å². The van der Waals surface area contributed by atoms with Gasteiger partial charge in [-0.05, 0) is 31.8 Å². The van der Waals surface area contributed by atoms with Crippen LogP contribution in [0.2, 0.25) is 0 Å². The van der Waals surface area contributed by atoms with Crippen molar-refractivity contribution in [2.75, 3.05) is 7.05 Å². The third-order valence-electron chi connectivity index (χ3n) is 6.08. The van der Waals surface area contributed by atoms with Crippen molar-refractivity contribution in [2.24, 2.45) is 13.0 Å². The predicted octanol–water partition coefficient (Wildman–Crippen LogP) is 1.91. The molecule has 3 atom stereocenters. The van der Waals surface area contributed by atoms with E-state index in [0.29, 0.717) is 12.3 Å². The van der Waals surface area contributed by atoms with Gasteiger partial charge in [-0.25, -0.2) is 9.50 Å². The average molecular weight is 414 g/mol. The molecule has 1 saturated carbocycles. The molecule has 0 aromatic carbocycles. The molecule has 3 aromatic heterocycles. The molecule has 31 heavy (non-hydrogen) atoms. The van der Waals surface area contributed by atoms with E-state index in [9.17, 15) is 4.79 Å². The van der Waals surface area contributed by atoms with Crippen LogP contribution in [0.25, 0.3) is 16.8 Å². The maximum absolute atomic E-state index is 12.3. The van der Waals surface area contributed by atoms with E-state index in [4.69, 9.17) is 9.72 Å². The van der Waals surface area contributed by atoms with Crippen LogP contribution in [0.3, 0.4) is 0 Å². The molecule has 3 aromatic rings. The lowest BCUT2D eigenvalue weighted by molar-refractivity contribution is -0.128. The van der Waals surface area contributed by atoms with Crippen LogP contribution in [0.4, 0.5) is 0 Å². The Morgan fingerprint density at radius 2 is 2.23 bits per heavy atom. The highest BCUT2D eigenvalue weighted by Crippen LogP contribution is 2.43. The van der Waals surface area contributed by atoms with Crippen LogP contribution in [0, 0.1) is 29.6 Å². The van der Waals surface area contributed by atoms with Gasteiger partial charge in [0.1, 0.15) is 5.52 Å². The smallest absolute Gasteiger partial charge is 0.298 e. The molecule has 2 aliphatic rings. The number of fused-ring (bicyclic) bond motifs is 2. The summed E-state index contributed by atoms with van der Waals surface area (Å²) in [5.41, 5.74) is 1.71. The normalized spacial score (nSPS) is 23.6. The molecule has 2 aliphatic carbocycles. The van der Waals surface area contributed by atoms with Gasteiger partial charge in [-0.2, -0.15) is 10.2 Å². The number of aromatic nitrogens is 5. The van der Waals surface area contributed by atoms with Gasteiger partial charge in [0.15, 0.2) is 5.60 Å². The Hall–Kier alpha value is -3.78. The lowest BCUT2D eigenvalue weighted by Gasteiger charge is -2.46. The quantitative estimate of drug-likeness (QED) is 0.610. The van der Waals surface area contributed by atoms with Gasteiger partial charge in [0.2, 0.25) is 5.88 Å². The second-order valence-corrected chi connectivity index (χ2v) is 8.03. The van der Waals surface area contributed by atoms with Crippen molar-refractivity contribution in [3.8, 4) is 40.8 Å². The number of aryl methyl sites for hydroxylation is 1. The van der Waals surface area contributed by atoms with Crippen LogP contribution in [0.5, 0.6) is 5.88 Å². The van der Waals surface area contributed by atoms with Crippen LogP contribution in [-0.2, 0) is 11.8 Å². The first kappa shape index (κ1) is 19.2. The second kappa shape index (κ2) is 7.17. The van der Waals surface area contributed by atoms with Gasteiger partial charge < -0.3 is 9.64 Å². The maximum atomic E-state index is 12.3. The number of rotatable bonds is 4. The van der Waals surface area contributed by atoms with E-state index in [-0.39, 0.29) is 17.9 Å². The number of hydrogen-bond acceptors (Lipinski definition) is 5. The van der Waals surface area contributed by atoms with E-state index < -0.39 is 5.60 Å². The Labute approximate surface area is 180 Å². The third-order valence-corrected chi connectivity index (χ3v) is 6.08. The van der Waals surface area contributed by atoms with Gasteiger partial charge in [-0.15, -0.1) is 0 Å². The number of carbonyl (C=O) groups excluding carboxylic acids is 1. The molecule has 5 rings (SSSR count). The highest BCUT2D eigenvalue weighted by atomic mass is 16.5. The number of ether oxygens (including phenoxy) is 1. The molecule has 3 heterocycles. The zero-order chi connectivity index (χ0) is 21.6. The van der Waals surface area contributed by atoms with E-state index in [0.717, 1.165) is 29.6 Å². The zero-order valence-electron chi connectivity index (χ0n) is 17.7. The summed E-state index contributed by atoms with van der Waals surface area (Å²) in [5, 5.41) is 8.62. The number of carbonyl (C=O) groups is 1. The molecule has 0 spiro atoms. The Bertz CT molecular complexity index is 1300. The minimum Gasteiger partial charge on any atom is -0.455 e. The fourth-order valence-corrected chi connectivity index (χ4v) is 4.31. The van der Waals surface area contributed by atoms with E-state index >= 15 is 0 Å². The summed E-state index contributed by atoms with van der Waals surface area (Å²) in [6.45, 7) is 1.67. The molecule has 8 heteroatoms. The van der Waals surface area contributed by atoms with Crippen molar-refractivity contribution in [2.45, 2.75) is 37.8 Å². The number of hydrogen-bond donors (Lipinski definition) is 0. The van der Waals surface area contributed by atoms with E-state index in [1.54, 1.807) is 40.5 Å². The lowest BCUT2D eigenvalue weighted by Crippen LogP contribution is -2.56. The fraction of sp³-hybridized carbons (Fsp3) is 0.391. The van der Waals surface area contributed by atoms with E-state index in [1.165, 1.54) is 0 Å². The Morgan fingerprint density at radius 1 is 1.35 bits per heavy atom. The molecule has 0 radical (unpaired) electrons. The predicted molar refractivity (Wildman–Crippen MR) is 114 cm³/mol. The average Bonchev–Trinajstić information content (AvgIpc) is 3.39. The van der Waals surface area contributed by atoms with Crippen molar-refractivity contribution >= 4 is 11.4 Å². The lowest BCUT2D eigenvalue weighted by atomic mass is 9.68. The van der Waals surface area contributed by atoms with Crippen LogP contribution in [-0.4, -0.2) is 53.9 Å². The molecule has 1 amide bonds.